The van der Waals surface area contributed by atoms with Crippen LogP contribution in [0.3, 0.4) is 0 Å². The number of carboxylic acid groups (broad SMARTS) is 1. The van der Waals surface area contributed by atoms with Crippen LogP contribution in [0, 0.1) is 0 Å². The average Bonchev–Trinajstić information content (AvgIpc) is 2.77. The standard InChI is InChI=1S/C13H22N2O4S/c1-12(19-6-10(16)17)8-15(9-12)11(18)14-7-13(2)4-3-5-20-13/h3-9H2,1-2H3,(H,14,18)(H,16,17). The highest BCUT2D eigenvalue weighted by atomic mass is 32.2. The van der Waals surface area contributed by atoms with Crippen LogP contribution in [0.15, 0.2) is 0 Å². The third kappa shape index (κ3) is 3.79. The van der Waals surface area contributed by atoms with Crippen LogP contribution in [0.4, 0.5) is 4.79 Å². The molecule has 6 nitrogen and oxygen atoms in total. The smallest absolute Gasteiger partial charge is 0.329 e. The van der Waals surface area contributed by atoms with Crippen LogP contribution < -0.4 is 5.32 Å². The van der Waals surface area contributed by atoms with Crippen molar-refractivity contribution in [3.63, 3.8) is 0 Å². The molecule has 0 aromatic heterocycles. The van der Waals surface area contributed by atoms with Crippen molar-refractivity contribution >= 4 is 23.8 Å². The molecule has 2 heterocycles. The van der Waals surface area contributed by atoms with E-state index in [1.165, 1.54) is 6.42 Å². The van der Waals surface area contributed by atoms with Crippen LogP contribution in [0.1, 0.15) is 26.7 Å². The van der Waals surface area contributed by atoms with E-state index in [-0.39, 0.29) is 17.4 Å². The molecular weight excluding hydrogens is 280 g/mol. The number of rotatable bonds is 5. The van der Waals surface area contributed by atoms with Gasteiger partial charge in [-0.2, -0.15) is 11.8 Å². The molecule has 0 aromatic carbocycles. The van der Waals surface area contributed by atoms with Crippen molar-refractivity contribution in [2.75, 3.05) is 32.0 Å². The van der Waals surface area contributed by atoms with E-state index in [2.05, 4.69) is 12.2 Å². The Hall–Kier alpha value is -0.950. The van der Waals surface area contributed by atoms with E-state index < -0.39 is 11.6 Å². The highest BCUT2D eigenvalue weighted by molar-refractivity contribution is 8.00. The van der Waals surface area contributed by atoms with Gasteiger partial charge in [-0.15, -0.1) is 0 Å². The Morgan fingerprint density at radius 3 is 2.65 bits per heavy atom. The van der Waals surface area contributed by atoms with Gasteiger partial charge in [0.1, 0.15) is 12.2 Å². The predicted octanol–water partition coefficient (Wildman–Crippen LogP) is 1.16. The zero-order valence-corrected chi connectivity index (χ0v) is 12.8. The molecule has 0 aliphatic carbocycles. The van der Waals surface area contributed by atoms with Gasteiger partial charge in [-0.1, -0.05) is 0 Å². The summed E-state index contributed by atoms with van der Waals surface area (Å²) in [6.07, 6.45) is 2.35. The first kappa shape index (κ1) is 15.4. The number of thioether (sulfide) groups is 1. The van der Waals surface area contributed by atoms with Crippen molar-refractivity contribution < 1.29 is 19.4 Å². The Kier molecular flexibility index (Phi) is 4.49. The normalized spacial score (nSPS) is 28.0. The van der Waals surface area contributed by atoms with Crippen molar-refractivity contribution in [1.82, 2.24) is 10.2 Å². The number of carbonyl (C=O) groups is 2. The van der Waals surface area contributed by atoms with Crippen molar-refractivity contribution in [3.05, 3.63) is 0 Å². The van der Waals surface area contributed by atoms with Gasteiger partial charge in [0.05, 0.1) is 13.1 Å². The van der Waals surface area contributed by atoms with Crippen molar-refractivity contribution in [2.45, 2.75) is 37.0 Å². The topological polar surface area (TPSA) is 78.9 Å². The molecule has 2 aliphatic rings. The largest absolute Gasteiger partial charge is 0.480 e. The summed E-state index contributed by atoms with van der Waals surface area (Å²) in [5.74, 6) is 0.178. The quantitative estimate of drug-likeness (QED) is 0.796. The fourth-order valence-electron chi connectivity index (χ4n) is 2.58. The lowest BCUT2D eigenvalue weighted by Gasteiger charge is -2.47. The molecule has 2 fully saturated rings. The molecule has 0 aromatic rings. The maximum Gasteiger partial charge on any atom is 0.329 e. The summed E-state index contributed by atoms with van der Waals surface area (Å²) in [6, 6.07) is -0.0878. The second-order valence-corrected chi connectivity index (χ2v) is 7.73. The molecule has 114 valence electrons. The number of urea groups is 1. The van der Waals surface area contributed by atoms with Gasteiger partial charge in [0.2, 0.25) is 0 Å². The van der Waals surface area contributed by atoms with Gasteiger partial charge >= 0.3 is 12.0 Å². The second-order valence-electron chi connectivity index (χ2n) is 6.05. The predicted molar refractivity (Wildman–Crippen MR) is 77.1 cm³/mol. The molecule has 2 saturated heterocycles. The number of amides is 2. The van der Waals surface area contributed by atoms with Gasteiger partial charge in [-0.05, 0) is 32.4 Å². The number of aliphatic carboxylic acids is 1. The number of hydrogen-bond donors (Lipinski definition) is 2. The second kappa shape index (κ2) is 5.81. The minimum atomic E-state index is -0.986. The van der Waals surface area contributed by atoms with Gasteiger partial charge in [-0.25, -0.2) is 9.59 Å². The number of ether oxygens (including phenoxy) is 1. The first-order chi connectivity index (χ1) is 9.32. The van der Waals surface area contributed by atoms with Gasteiger partial charge in [0.15, 0.2) is 0 Å². The van der Waals surface area contributed by atoms with E-state index in [1.807, 2.05) is 18.7 Å². The lowest BCUT2D eigenvalue weighted by molar-refractivity contribution is -0.159. The van der Waals surface area contributed by atoms with E-state index in [9.17, 15) is 9.59 Å². The van der Waals surface area contributed by atoms with E-state index in [0.29, 0.717) is 19.6 Å². The Bertz CT molecular complexity index is 390. The Balaban J connectivity index is 1.69. The molecule has 2 amide bonds. The fourth-order valence-corrected chi connectivity index (χ4v) is 3.83. The number of hydrogen-bond acceptors (Lipinski definition) is 4. The molecule has 2 aliphatic heterocycles. The van der Waals surface area contributed by atoms with Crippen molar-refractivity contribution in [3.8, 4) is 0 Å². The van der Waals surface area contributed by atoms with Crippen LogP contribution in [0.2, 0.25) is 0 Å². The number of nitrogens with one attached hydrogen (secondary N) is 1. The molecule has 0 saturated carbocycles. The van der Waals surface area contributed by atoms with E-state index in [4.69, 9.17) is 9.84 Å². The average molecular weight is 302 g/mol. The molecule has 0 radical (unpaired) electrons. The summed E-state index contributed by atoms with van der Waals surface area (Å²) in [5.41, 5.74) is -0.526. The van der Waals surface area contributed by atoms with Crippen LogP contribution in [0.25, 0.3) is 0 Å². The summed E-state index contributed by atoms with van der Waals surface area (Å²) < 4.78 is 5.44. The fraction of sp³-hybridized carbons (Fsp3) is 0.846. The Morgan fingerprint density at radius 2 is 2.10 bits per heavy atom. The number of carbonyl (C=O) groups excluding carboxylic acids is 1. The van der Waals surface area contributed by atoms with Gasteiger partial charge in [0, 0.05) is 11.3 Å². The zero-order chi connectivity index (χ0) is 14.8. The van der Waals surface area contributed by atoms with E-state index in [1.54, 1.807) is 4.90 Å². The van der Waals surface area contributed by atoms with Crippen molar-refractivity contribution in [1.29, 1.82) is 0 Å². The first-order valence-electron chi connectivity index (χ1n) is 6.84. The molecule has 7 heteroatoms. The zero-order valence-electron chi connectivity index (χ0n) is 12.0. The van der Waals surface area contributed by atoms with Crippen LogP contribution >= 0.6 is 11.8 Å². The minimum Gasteiger partial charge on any atom is -0.480 e. The van der Waals surface area contributed by atoms with Crippen LogP contribution in [-0.4, -0.2) is 64.3 Å². The minimum absolute atomic E-state index is 0.0878. The molecule has 2 rings (SSSR count). The van der Waals surface area contributed by atoms with E-state index in [0.717, 1.165) is 12.2 Å². The Labute approximate surface area is 123 Å². The first-order valence-corrected chi connectivity index (χ1v) is 7.83. The SMILES string of the molecule is CC1(OCC(=O)O)CN(C(=O)NCC2(C)CCCS2)C1. The summed E-state index contributed by atoms with van der Waals surface area (Å²) in [5, 5.41) is 11.5. The van der Waals surface area contributed by atoms with Crippen molar-refractivity contribution in [2.24, 2.45) is 0 Å². The van der Waals surface area contributed by atoms with Gasteiger partial charge in [-0.3, -0.25) is 0 Å². The number of carboxylic acids is 1. The maximum absolute atomic E-state index is 12.0. The third-order valence-electron chi connectivity index (χ3n) is 3.80. The number of nitrogens with zero attached hydrogens (tertiary/aromatic N) is 1. The monoisotopic (exact) mass is 302 g/mol. The summed E-state index contributed by atoms with van der Waals surface area (Å²) in [4.78, 5) is 24.1. The maximum atomic E-state index is 12.0. The molecular formula is C13H22N2O4S. The Morgan fingerprint density at radius 1 is 1.40 bits per heavy atom. The van der Waals surface area contributed by atoms with E-state index >= 15 is 0 Å². The molecule has 0 bridgehead atoms. The molecule has 1 unspecified atom stereocenters. The van der Waals surface area contributed by atoms with Gasteiger partial charge in [0.25, 0.3) is 0 Å². The third-order valence-corrected chi connectivity index (χ3v) is 5.33. The molecule has 20 heavy (non-hydrogen) atoms. The summed E-state index contributed by atoms with van der Waals surface area (Å²) in [7, 11) is 0. The lowest BCUT2D eigenvalue weighted by atomic mass is 9.97. The summed E-state index contributed by atoms with van der Waals surface area (Å²) >= 11 is 1.91. The number of likely N-dealkylation sites (tertiary alicyclic amines) is 1. The van der Waals surface area contributed by atoms with Gasteiger partial charge < -0.3 is 20.1 Å². The molecule has 2 N–H and O–H groups in total. The highest BCUT2D eigenvalue weighted by Crippen LogP contribution is 2.37. The van der Waals surface area contributed by atoms with Crippen LogP contribution in [-0.2, 0) is 9.53 Å². The lowest BCUT2D eigenvalue weighted by Crippen LogP contribution is -2.65. The molecule has 0 spiro atoms. The highest BCUT2D eigenvalue weighted by Gasteiger charge is 2.43. The molecule has 1 atom stereocenters. The summed E-state index contributed by atoms with van der Waals surface area (Å²) in [6.45, 7) is 5.25. The van der Waals surface area contributed by atoms with Crippen LogP contribution in [0.5, 0.6) is 0 Å².